The van der Waals surface area contributed by atoms with Gasteiger partial charge in [-0.1, -0.05) is 29.7 Å². The minimum atomic E-state index is -0.307. The van der Waals surface area contributed by atoms with E-state index in [2.05, 4.69) is 56.2 Å². The van der Waals surface area contributed by atoms with Gasteiger partial charge < -0.3 is 9.15 Å². The zero-order valence-electron chi connectivity index (χ0n) is 17.8. The molecule has 0 N–H and O–H groups in total. The van der Waals surface area contributed by atoms with Crippen LogP contribution in [0.25, 0.3) is 33.5 Å². The van der Waals surface area contributed by atoms with Crippen LogP contribution in [0.4, 0.5) is 0 Å². The Labute approximate surface area is 232 Å². The Morgan fingerprint density at radius 3 is 2.69 bits per heavy atom. The van der Waals surface area contributed by atoms with Gasteiger partial charge in [0.05, 0.1) is 24.3 Å². The average molecular weight is 706 g/mol. The molecule has 0 bridgehead atoms. The summed E-state index contributed by atoms with van der Waals surface area (Å²) >= 11 is 10.5. The van der Waals surface area contributed by atoms with Crippen molar-refractivity contribution in [1.29, 1.82) is 0 Å². The largest absolute Gasteiger partial charge is 0.479 e. The molecule has 2 aromatic heterocycles. The van der Waals surface area contributed by atoms with Crippen LogP contribution in [-0.2, 0) is 0 Å². The van der Waals surface area contributed by atoms with Crippen molar-refractivity contribution in [2.24, 2.45) is 5.10 Å². The number of ether oxygens (including phenoxy) is 1. The lowest BCUT2D eigenvalue weighted by Gasteiger charge is -2.09. The number of hydrogen-bond donors (Lipinski definition) is 0. The number of aromatic nitrogens is 2. The highest BCUT2D eigenvalue weighted by atomic mass is 127. The Morgan fingerprint density at radius 2 is 1.91 bits per heavy atom. The number of para-hydroxylation sites is 1. The van der Waals surface area contributed by atoms with E-state index in [1.54, 1.807) is 48.7 Å². The topological polar surface area (TPSA) is 69.6 Å². The molecule has 0 aliphatic heterocycles. The van der Waals surface area contributed by atoms with Crippen molar-refractivity contribution in [2.75, 3.05) is 6.61 Å². The van der Waals surface area contributed by atoms with E-state index in [9.17, 15) is 4.79 Å². The molecule has 0 radical (unpaired) electrons. The first-order valence-corrected chi connectivity index (χ1v) is 12.8. The first-order chi connectivity index (χ1) is 16.9. The van der Waals surface area contributed by atoms with Gasteiger partial charge in [-0.2, -0.15) is 9.78 Å². The standard InChI is InChI=1S/C26H14ClI2N3O3/c1-2-9-34-24-19(28)10-15(11-20(24)29)14-30-32-25(31-21-6-4-3-5-18(21)26(32)33)23-13-16-12-17(27)7-8-22(16)35-23/h1,3-8,10-14H,9H2. The summed E-state index contributed by atoms with van der Waals surface area (Å²) < 4.78 is 14.7. The maximum absolute atomic E-state index is 13.4. The summed E-state index contributed by atoms with van der Waals surface area (Å²) in [5, 5.41) is 6.36. The van der Waals surface area contributed by atoms with Crippen molar-refractivity contribution in [2.45, 2.75) is 0 Å². The van der Waals surface area contributed by atoms with E-state index in [1.807, 2.05) is 18.2 Å². The molecule has 0 amide bonds. The summed E-state index contributed by atoms with van der Waals surface area (Å²) in [6.45, 7) is 0.184. The number of fused-ring (bicyclic) bond motifs is 2. The molecule has 2 heterocycles. The van der Waals surface area contributed by atoms with E-state index in [0.717, 1.165) is 18.1 Å². The molecule has 35 heavy (non-hydrogen) atoms. The first-order valence-electron chi connectivity index (χ1n) is 10.3. The normalized spacial score (nSPS) is 11.4. The number of nitrogens with zero attached hydrogens (tertiary/aromatic N) is 3. The molecule has 0 unspecified atom stereocenters. The Balaban J connectivity index is 1.65. The van der Waals surface area contributed by atoms with E-state index in [1.165, 1.54) is 4.68 Å². The average Bonchev–Trinajstić information content (AvgIpc) is 3.26. The van der Waals surface area contributed by atoms with Gasteiger partial charge in [-0.05, 0) is 99.3 Å². The lowest BCUT2D eigenvalue weighted by Crippen LogP contribution is -2.20. The van der Waals surface area contributed by atoms with E-state index < -0.39 is 0 Å². The molecule has 0 saturated heterocycles. The zero-order valence-corrected chi connectivity index (χ0v) is 22.9. The van der Waals surface area contributed by atoms with Crippen LogP contribution < -0.4 is 10.3 Å². The minimum Gasteiger partial charge on any atom is -0.479 e. The zero-order chi connectivity index (χ0) is 24.5. The fraction of sp³-hybridized carbons (Fsp3) is 0.0385. The van der Waals surface area contributed by atoms with Crippen LogP contribution in [0, 0.1) is 19.5 Å². The minimum absolute atomic E-state index is 0.184. The van der Waals surface area contributed by atoms with Crippen LogP contribution in [0.1, 0.15) is 5.56 Å². The van der Waals surface area contributed by atoms with Crippen LogP contribution in [0.2, 0.25) is 5.02 Å². The van der Waals surface area contributed by atoms with Crippen LogP contribution >= 0.6 is 56.8 Å². The van der Waals surface area contributed by atoms with Crippen LogP contribution in [0.3, 0.4) is 0 Å². The highest BCUT2D eigenvalue weighted by Gasteiger charge is 2.17. The highest BCUT2D eigenvalue weighted by molar-refractivity contribution is 14.1. The molecule has 0 aliphatic carbocycles. The molecular weight excluding hydrogens is 692 g/mol. The Kier molecular flexibility index (Phi) is 6.82. The fourth-order valence-corrected chi connectivity index (χ4v) is 5.85. The molecule has 9 heteroatoms. The number of benzene rings is 3. The van der Waals surface area contributed by atoms with E-state index >= 15 is 0 Å². The predicted octanol–water partition coefficient (Wildman–Crippen LogP) is 6.57. The van der Waals surface area contributed by atoms with Crippen LogP contribution in [0.15, 0.2) is 75.0 Å². The molecular formula is C26H14ClI2N3O3. The monoisotopic (exact) mass is 705 g/mol. The third-order valence-corrected chi connectivity index (χ3v) is 6.93. The Hall–Kier alpha value is -2.88. The Bertz CT molecular complexity index is 1710. The predicted molar refractivity (Wildman–Crippen MR) is 155 cm³/mol. The van der Waals surface area contributed by atoms with E-state index in [-0.39, 0.29) is 18.0 Å². The first kappa shape index (κ1) is 23.8. The second-order valence-electron chi connectivity index (χ2n) is 7.41. The summed E-state index contributed by atoms with van der Waals surface area (Å²) in [7, 11) is 0. The summed E-state index contributed by atoms with van der Waals surface area (Å²) in [5.74, 6) is 3.88. The molecule has 3 aromatic carbocycles. The summed E-state index contributed by atoms with van der Waals surface area (Å²) in [6.07, 6.45) is 6.92. The van der Waals surface area contributed by atoms with Gasteiger partial charge in [0.1, 0.15) is 17.9 Å². The third kappa shape index (κ3) is 4.80. The number of furan rings is 1. The van der Waals surface area contributed by atoms with Crippen molar-refractivity contribution in [3.8, 4) is 29.7 Å². The van der Waals surface area contributed by atoms with Crippen molar-refractivity contribution in [3.63, 3.8) is 0 Å². The SMILES string of the molecule is C#CCOc1c(I)cc(C=Nn2c(-c3cc4cc(Cl)ccc4o3)nc3ccccc3c2=O)cc1I. The quantitative estimate of drug-likeness (QED) is 0.118. The lowest BCUT2D eigenvalue weighted by molar-refractivity contribution is 0.365. The number of terminal acetylenes is 1. The molecule has 5 aromatic rings. The molecule has 0 saturated carbocycles. The van der Waals surface area contributed by atoms with Crippen LogP contribution in [-0.4, -0.2) is 22.5 Å². The van der Waals surface area contributed by atoms with Gasteiger partial charge in [0.15, 0.2) is 5.76 Å². The molecule has 0 fully saturated rings. The smallest absolute Gasteiger partial charge is 0.282 e. The van der Waals surface area contributed by atoms with Crippen molar-refractivity contribution in [1.82, 2.24) is 9.66 Å². The fourth-order valence-electron chi connectivity index (χ4n) is 3.54. The maximum Gasteiger partial charge on any atom is 0.282 e. The van der Waals surface area contributed by atoms with Crippen molar-refractivity contribution >= 4 is 84.9 Å². The molecule has 0 atom stereocenters. The maximum atomic E-state index is 13.4. The van der Waals surface area contributed by atoms with Crippen molar-refractivity contribution in [3.05, 3.63) is 88.7 Å². The van der Waals surface area contributed by atoms with Crippen LogP contribution in [0.5, 0.6) is 5.75 Å². The van der Waals surface area contributed by atoms with Gasteiger partial charge in [-0.15, -0.1) is 6.42 Å². The van der Waals surface area contributed by atoms with E-state index in [0.29, 0.717) is 33.0 Å². The van der Waals surface area contributed by atoms with Crippen molar-refractivity contribution < 1.29 is 9.15 Å². The molecule has 0 aliphatic rings. The van der Waals surface area contributed by atoms with Gasteiger partial charge >= 0.3 is 0 Å². The molecule has 6 nitrogen and oxygen atoms in total. The number of hydrogen-bond acceptors (Lipinski definition) is 5. The Morgan fingerprint density at radius 1 is 1.14 bits per heavy atom. The second-order valence-corrected chi connectivity index (χ2v) is 10.2. The van der Waals surface area contributed by atoms with Gasteiger partial charge in [0.2, 0.25) is 5.82 Å². The van der Waals surface area contributed by atoms with Gasteiger partial charge in [0.25, 0.3) is 5.56 Å². The third-order valence-electron chi connectivity index (χ3n) is 5.10. The van der Waals surface area contributed by atoms with E-state index in [4.69, 9.17) is 32.2 Å². The summed E-state index contributed by atoms with van der Waals surface area (Å²) in [5.41, 5.74) is 1.67. The molecule has 0 spiro atoms. The lowest BCUT2D eigenvalue weighted by atomic mass is 10.2. The van der Waals surface area contributed by atoms with Gasteiger partial charge in [-0.3, -0.25) is 4.79 Å². The molecule has 5 rings (SSSR count). The number of rotatable bonds is 5. The summed E-state index contributed by atoms with van der Waals surface area (Å²) in [4.78, 5) is 18.1. The molecule has 172 valence electrons. The second kappa shape index (κ2) is 10.0. The number of halogens is 3. The van der Waals surface area contributed by atoms with Gasteiger partial charge in [-0.25, -0.2) is 4.98 Å². The highest BCUT2D eigenvalue weighted by Crippen LogP contribution is 2.30. The summed E-state index contributed by atoms with van der Waals surface area (Å²) in [6, 6.07) is 18.1. The van der Waals surface area contributed by atoms with Gasteiger partial charge in [0, 0.05) is 10.4 Å².